The van der Waals surface area contributed by atoms with E-state index < -0.39 is 6.10 Å². The fourth-order valence-corrected chi connectivity index (χ4v) is 2.61. The van der Waals surface area contributed by atoms with Gasteiger partial charge in [-0.2, -0.15) is 0 Å². The number of ether oxygens (including phenoxy) is 1. The molecule has 104 valence electrons. The van der Waals surface area contributed by atoms with Crippen LogP contribution in [0.25, 0.3) is 10.9 Å². The lowest BCUT2D eigenvalue weighted by Crippen LogP contribution is -2.24. The summed E-state index contributed by atoms with van der Waals surface area (Å²) in [6, 6.07) is 3.49. The van der Waals surface area contributed by atoms with Crippen LogP contribution in [-0.4, -0.2) is 22.8 Å². The molecular weight excluding hydrogens is 240 g/mol. The summed E-state index contributed by atoms with van der Waals surface area (Å²) in [5, 5.41) is 11.4. The van der Waals surface area contributed by atoms with Crippen LogP contribution in [0.3, 0.4) is 0 Å². The van der Waals surface area contributed by atoms with E-state index in [1.165, 1.54) is 0 Å². The van der Waals surface area contributed by atoms with Crippen LogP contribution in [0.2, 0.25) is 0 Å². The molecule has 2 atom stereocenters. The topological polar surface area (TPSA) is 60.4 Å². The normalized spacial score (nSPS) is 14.7. The van der Waals surface area contributed by atoms with E-state index in [1.807, 2.05) is 26.1 Å². The second kappa shape index (κ2) is 4.87. The van der Waals surface area contributed by atoms with Gasteiger partial charge in [-0.3, -0.25) is 0 Å². The summed E-state index contributed by atoms with van der Waals surface area (Å²) < 4.78 is 7.54. The average molecular weight is 262 g/mol. The molecule has 4 heteroatoms. The van der Waals surface area contributed by atoms with Crippen molar-refractivity contribution in [1.82, 2.24) is 4.57 Å². The summed E-state index contributed by atoms with van der Waals surface area (Å²) in [5.74, 6) is 0.814. The van der Waals surface area contributed by atoms with Gasteiger partial charge < -0.3 is 20.1 Å². The number of aliphatic hydroxyl groups is 1. The minimum absolute atomic E-state index is 0.309. The SMILES string of the molecule is COc1ccc(C(O)C(C)N)c2c(C)c(C)n(C)c12. The first kappa shape index (κ1) is 13.9. The molecule has 2 rings (SSSR count). The van der Waals surface area contributed by atoms with Crippen LogP contribution in [0, 0.1) is 13.8 Å². The van der Waals surface area contributed by atoms with Crippen molar-refractivity contribution in [3.05, 3.63) is 29.0 Å². The summed E-state index contributed by atoms with van der Waals surface area (Å²) in [6.45, 7) is 5.94. The third-order valence-corrected chi connectivity index (χ3v) is 3.97. The number of aromatic nitrogens is 1. The van der Waals surface area contributed by atoms with E-state index in [4.69, 9.17) is 10.5 Å². The van der Waals surface area contributed by atoms with E-state index in [1.54, 1.807) is 7.11 Å². The quantitative estimate of drug-likeness (QED) is 0.891. The molecule has 1 aromatic carbocycles. The number of methoxy groups -OCH3 is 1. The Bertz CT molecular complexity index is 614. The molecule has 0 aliphatic rings. The van der Waals surface area contributed by atoms with Gasteiger partial charge >= 0.3 is 0 Å². The average Bonchev–Trinajstić information content (AvgIpc) is 2.62. The van der Waals surface area contributed by atoms with E-state index in [0.717, 1.165) is 33.5 Å². The number of hydrogen-bond donors (Lipinski definition) is 2. The van der Waals surface area contributed by atoms with Gasteiger partial charge in [0.05, 0.1) is 18.7 Å². The summed E-state index contributed by atoms with van der Waals surface area (Å²) in [4.78, 5) is 0. The second-order valence-corrected chi connectivity index (χ2v) is 5.15. The first-order valence-electron chi connectivity index (χ1n) is 6.46. The number of fused-ring (bicyclic) bond motifs is 1. The molecule has 0 saturated carbocycles. The fourth-order valence-electron chi connectivity index (χ4n) is 2.61. The summed E-state index contributed by atoms with van der Waals surface area (Å²) in [5.41, 5.74) is 10.0. The number of benzene rings is 1. The maximum Gasteiger partial charge on any atom is 0.143 e. The molecule has 0 spiro atoms. The van der Waals surface area contributed by atoms with Crippen LogP contribution >= 0.6 is 0 Å². The molecule has 2 aromatic rings. The molecule has 4 nitrogen and oxygen atoms in total. The zero-order valence-corrected chi connectivity index (χ0v) is 12.2. The maximum atomic E-state index is 10.3. The molecule has 0 aliphatic carbocycles. The number of aryl methyl sites for hydroxylation is 2. The smallest absolute Gasteiger partial charge is 0.143 e. The predicted molar refractivity (Wildman–Crippen MR) is 77.6 cm³/mol. The van der Waals surface area contributed by atoms with Gasteiger partial charge in [0.2, 0.25) is 0 Å². The lowest BCUT2D eigenvalue weighted by atomic mass is 9.97. The van der Waals surface area contributed by atoms with Crippen LogP contribution in [-0.2, 0) is 7.05 Å². The predicted octanol–water partition coefficient (Wildman–Crippen LogP) is 2.18. The first-order valence-corrected chi connectivity index (χ1v) is 6.46. The van der Waals surface area contributed by atoms with Gasteiger partial charge in [-0.05, 0) is 38.0 Å². The number of hydrogen-bond acceptors (Lipinski definition) is 3. The Morgan fingerprint density at radius 1 is 1.32 bits per heavy atom. The Hall–Kier alpha value is -1.52. The molecule has 3 N–H and O–H groups in total. The second-order valence-electron chi connectivity index (χ2n) is 5.15. The van der Waals surface area contributed by atoms with Crippen LogP contribution in [0.4, 0.5) is 0 Å². The number of rotatable bonds is 3. The minimum atomic E-state index is -0.672. The van der Waals surface area contributed by atoms with Gasteiger partial charge in [0, 0.05) is 24.2 Å². The Kier molecular flexibility index (Phi) is 3.56. The standard InChI is InChI=1S/C15H22N2O2/c1-8-10(3)17(4)14-12(19-5)7-6-11(13(8)14)15(18)9(2)16/h6-7,9,15,18H,16H2,1-5H3. The van der Waals surface area contributed by atoms with Crippen molar-refractivity contribution in [3.8, 4) is 5.75 Å². The number of aliphatic hydroxyl groups excluding tert-OH is 1. The Balaban J connectivity index is 2.86. The van der Waals surface area contributed by atoms with Gasteiger partial charge in [-0.1, -0.05) is 6.07 Å². The lowest BCUT2D eigenvalue weighted by molar-refractivity contribution is 0.155. The number of nitrogens with zero attached hydrogens (tertiary/aromatic N) is 1. The van der Waals surface area contributed by atoms with Crippen LogP contribution in [0.1, 0.15) is 29.8 Å². The van der Waals surface area contributed by atoms with Crippen molar-refractivity contribution >= 4 is 10.9 Å². The fraction of sp³-hybridized carbons (Fsp3) is 0.467. The third kappa shape index (κ3) is 2.01. The highest BCUT2D eigenvalue weighted by molar-refractivity contribution is 5.93. The van der Waals surface area contributed by atoms with Crippen LogP contribution in [0.5, 0.6) is 5.75 Å². The van der Waals surface area contributed by atoms with Crippen molar-refractivity contribution in [2.75, 3.05) is 7.11 Å². The maximum absolute atomic E-state index is 10.3. The summed E-state index contributed by atoms with van der Waals surface area (Å²) in [7, 11) is 3.67. The van der Waals surface area contributed by atoms with Crippen molar-refractivity contribution in [1.29, 1.82) is 0 Å². The number of nitrogens with two attached hydrogens (primary N) is 1. The molecule has 2 unspecified atom stereocenters. The highest BCUT2D eigenvalue weighted by atomic mass is 16.5. The molecule has 0 radical (unpaired) electrons. The van der Waals surface area contributed by atoms with E-state index in [9.17, 15) is 5.11 Å². The lowest BCUT2D eigenvalue weighted by Gasteiger charge is -2.17. The van der Waals surface area contributed by atoms with Gasteiger partial charge in [0.25, 0.3) is 0 Å². The van der Waals surface area contributed by atoms with E-state index >= 15 is 0 Å². The van der Waals surface area contributed by atoms with Gasteiger partial charge in [-0.25, -0.2) is 0 Å². The molecule has 0 aliphatic heterocycles. The van der Waals surface area contributed by atoms with Gasteiger partial charge in [0.1, 0.15) is 5.75 Å². The van der Waals surface area contributed by atoms with Crippen molar-refractivity contribution in [3.63, 3.8) is 0 Å². The van der Waals surface area contributed by atoms with Gasteiger partial charge in [-0.15, -0.1) is 0 Å². The van der Waals surface area contributed by atoms with Gasteiger partial charge in [0.15, 0.2) is 0 Å². The highest BCUT2D eigenvalue weighted by Crippen LogP contribution is 2.37. The zero-order chi connectivity index (χ0) is 14.3. The minimum Gasteiger partial charge on any atom is -0.495 e. The molecule has 1 aromatic heterocycles. The Morgan fingerprint density at radius 3 is 2.47 bits per heavy atom. The largest absolute Gasteiger partial charge is 0.495 e. The Labute approximate surface area is 113 Å². The van der Waals surface area contributed by atoms with Crippen LogP contribution in [0.15, 0.2) is 12.1 Å². The monoisotopic (exact) mass is 262 g/mol. The molecular formula is C15H22N2O2. The summed E-state index contributed by atoms with van der Waals surface area (Å²) >= 11 is 0. The van der Waals surface area contributed by atoms with E-state index in [0.29, 0.717) is 0 Å². The molecule has 0 bridgehead atoms. The van der Waals surface area contributed by atoms with E-state index in [-0.39, 0.29) is 6.04 Å². The molecule has 19 heavy (non-hydrogen) atoms. The molecule has 0 amide bonds. The molecule has 1 heterocycles. The van der Waals surface area contributed by atoms with E-state index in [2.05, 4.69) is 18.4 Å². The molecule has 0 saturated heterocycles. The van der Waals surface area contributed by atoms with Crippen molar-refractivity contribution < 1.29 is 9.84 Å². The van der Waals surface area contributed by atoms with Crippen LogP contribution < -0.4 is 10.5 Å². The molecule has 0 fully saturated rings. The zero-order valence-electron chi connectivity index (χ0n) is 12.2. The highest BCUT2D eigenvalue weighted by Gasteiger charge is 2.22. The summed E-state index contributed by atoms with van der Waals surface area (Å²) in [6.07, 6.45) is -0.672. The van der Waals surface area contributed by atoms with Crippen molar-refractivity contribution in [2.24, 2.45) is 12.8 Å². The Morgan fingerprint density at radius 2 is 1.95 bits per heavy atom. The first-order chi connectivity index (χ1) is 8.90. The third-order valence-electron chi connectivity index (χ3n) is 3.97. The van der Waals surface area contributed by atoms with Crippen molar-refractivity contribution in [2.45, 2.75) is 32.9 Å².